The molecule has 7 nitrogen and oxygen atoms in total. The minimum Gasteiger partial charge on any atom is -0.493 e. The molecule has 180 valence electrons. The molecular weight excluding hydrogens is 452 g/mol. The Morgan fingerprint density at radius 2 is 1.71 bits per heavy atom. The Kier molecular flexibility index (Phi) is 8.93. The summed E-state index contributed by atoms with van der Waals surface area (Å²) in [6, 6.07) is 11.1. The Bertz CT molecular complexity index is 1140. The highest BCUT2D eigenvalue weighted by molar-refractivity contribution is 7.14. The van der Waals surface area contributed by atoms with Gasteiger partial charge in [0.05, 0.1) is 33.6 Å². The van der Waals surface area contributed by atoms with E-state index in [1.54, 1.807) is 27.4 Å². The smallest absolute Gasteiger partial charge is 0.250 e. The van der Waals surface area contributed by atoms with Crippen LogP contribution < -0.4 is 24.3 Å². The maximum Gasteiger partial charge on any atom is 0.250 e. The van der Waals surface area contributed by atoms with Crippen molar-refractivity contribution in [2.75, 3.05) is 33.3 Å². The highest BCUT2D eigenvalue weighted by Gasteiger charge is 2.11. The van der Waals surface area contributed by atoms with Gasteiger partial charge in [-0.2, -0.15) is 0 Å². The maximum absolute atomic E-state index is 12.4. The molecule has 2 aromatic carbocycles. The van der Waals surface area contributed by atoms with E-state index in [1.165, 1.54) is 17.4 Å². The summed E-state index contributed by atoms with van der Waals surface area (Å²) in [5, 5.41) is 5.19. The fourth-order valence-corrected chi connectivity index (χ4v) is 3.81. The van der Waals surface area contributed by atoms with Crippen molar-refractivity contribution in [2.24, 2.45) is 5.92 Å². The molecule has 1 aromatic heterocycles. The van der Waals surface area contributed by atoms with Crippen molar-refractivity contribution in [3.05, 3.63) is 53.4 Å². The predicted molar refractivity (Wildman–Crippen MR) is 136 cm³/mol. The predicted octanol–water partition coefficient (Wildman–Crippen LogP) is 5.91. The van der Waals surface area contributed by atoms with Gasteiger partial charge in [0.25, 0.3) is 0 Å². The molecule has 0 aliphatic rings. The zero-order chi connectivity index (χ0) is 24.5. The van der Waals surface area contributed by atoms with Crippen molar-refractivity contribution < 1.29 is 23.7 Å². The molecule has 0 spiro atoms. The molecule has 0 atom stereocenters. The average molecular weight is 483 g/mol. The number of methoxy groups -OCH3 is 3. The van der Waals surface area contributed by atoms with Crippen LogP contribution in [0.1, 0.15) is 25.8 Å². The van der Waals surface area contributed by atoms with Crippen molar-refractivity contribution >= 4 is 28.5 Å². The molecule has 0 saturated heterocycles. The van der Waals surface area contributed by atoms with E-state index in [-0.39, 0.29) is 5.91 Å². The summed E-state index contributed by atoms with van der Waals surface area (Å²) in [7, 11) is 4.78. The van der Waals surface area contributed by atoms with Crippen LogP contribution in [0.15, 0.2) is 47.9 Å². The Hall–Kier alpha value is -3.52. The van der Waals surface area contributed by atoms with Gasteiger partial charge in [-0.15, -0.1) is 11.3 Å². The lowest BCUT2D eigenvalue weighted by atomic mass is 10.1. The largest absolute Gasteiger partial charge is 0.493 e. The SMILES string of the molecule is COc1ccc(-c2csc(NC(=O)/C=C/c3ccc(OCCC(C)C)c(OC)c3)n2)cc1OC. The summed E-state index contributed by atoms with van der Waals surface area (Å²) in [6.07, 6.45) is 4.15. The van der Waals surface area contributed by atoms with Gasteiger partial charge >= 0.3 is 0 Å². The van der Waals surface area contributed by atoms with Crippen molar-refractivity contribution in [1.82, 2.24) is 4.98 Å². The molecule has 0 aliphatic carbocycles. The lowest BCUT2D eigenvalue weighted by Crippen LogP contribution is -2.07. The molecule has 0 fully saturated rings. The topological polar surface area (TPSA) is 78.9 Å². The molecule has 3 rings (SSSR count). The first-order valence-corrected chi connectivity index (χ1v) is 11.8. The number of nitrogens with zero attached hydrogens (tertiary/aromatic N) is 1. The van der Waals surface area contributed by atoms with Crippen LogP contribution >= 0.6 is 11.3 Å². The van der Waals surface area contributed by atoms with Gasteiger partial charge in [0.15, 0.2) is 28.1 Å². The van der Waals surface area contributed by atoms with Crippen LogP contribution in [-0.2, 0) is 4.79 Å². The Labute approximate surface area is 204 Å². The summed E-state index contributed by atoms with van der Waals surface area (Å²) in [6.45, 7) is 4.94. The molecule has 8 heteroatoms. The standard InChI is InChI=1S/C26H30N2O5S/c1-17(2)12-13-33-22-9-6-18(14-23(22)31-4)7-11-25(29)28-26-27-20(16-34-26)19-8-10-21(30-3)24(15-19)32-5/h6-11,14-17H,12-13H2,1-5H3,(H,27,28,29)/b11-7+. The first-order valence-electron chi connectivity index (χ1n) is 10.9. The summed E-state index contributed by atoms with van der Waals surface area (Å²) < 4.78 is 21.9. The number of hydrogen-bond acceptors (Lipinski definition) is 7. The second kappa shape index (κ2) is 12.1. The number of nitrogens with one attached hydrogen (secondary N) is 1. The van der Waals surface area contributed by atoms with Crippen molar-refractivity contribution in [3.8, 4) is 34.3 Å². The minimum absolute atomic E-state index is 0.274. The molecule has 0 aliphatic heterocycles. The molecule has 0 radical (unpaired) electrons. The van der Waals surface area contributed by atoms with Gasteiger partial charge in [-0.25, -0.2) is 4.98 Å². The third kappa shape index (κ3) is 6.74. The van der Waals surface area contributed by atoms with Crippen LogP contribution in [0, 0.1) is 5.92 Å². The third-order valence-corrected chi connectivity index (χ3v) is 5.74. The first-order chi connectivity index (χ1) is 16.4. The first kappa shape index (κ1) is 25.1. The zero-order valence-electron chi connectivity index (χ0n) is 20.1. The third-order valence-electron chi connectivity index (χ3n) is 4.98. The highest BCUT2D eigenvalue weighted by atomic mass is 32.1. The summed E-state index contributed by atoms with van der Waals surface area (Å²) in [4.78, 5) is 16.9. The van der Waals surface area contributed by atoms with E-state index in [1.807, 2.05) is 41.8 Å². The van der Waals surface area contributed by atoms with Gasteiger partial charge in [0, 0.05) is 17.0 Å². The number of rotatable bonds is 11. The van der Waals surface area contributed by atoms with Crippen molar-refractivity contribution in [3.63, 3.8) is 0 Å². The number of carbonyl (C=O) groups is 1. The summed E-state index contributed by atoms with van der Waals surface area (Å²) >= 11 is 1.35. The lowest BCUT2D eigenvalue weighted by molar-refractivity contribution is -0.111. The second-order valence-electron chi connectivity index (χ2n) is 7.87. The van der Waals surface area contributed by atoms with E-state index in [2.05, 4.69) is 24.1 Å². The molecule has 0 unspecified atom stereocenters. The van der Waals surface area contributed by atoms with Crippen LogP contribution in [0.4, 0.5) is 5.13 Å². The zero-order valence-corrected chi connectivity index (χ0v) is 20.9. The van der Waals surface area contributed by atoms with Crippen LogP contribution in [0.5, 0.6) is 23.0 Å². The fraction of sp³-hybridized carbons (Fsp3) is 0.308. The van der Waals surface area contributed by atoms with Gasteiger partial charge in [-0.1, -0.05) is 19.9 Å². The average Bonchev–Trinajstić information content (AvgIpc) is 3.30. The van der Waals surface area contributed by atoms with Crippen LogP contribution in [0.25, 0.3) is 17.3 Å². The van der Waals surface area contributed by atoms with E-state index in [4.69, 9.17) is 18.9 Å². The van der Waals surface area contributed by atoms with E-state index in [9.17, 15) is 4.79 Å². The number of carbonyl (C=O) groups excluding carboxylic acids is 1. The van der Waals surface area contributed by atoms with Gasteiger partial charge < -0.3 is 18.9 Å². The minimum atomic E-state index is -0.274. The fourth-order valence-electron chi connectivity index (χ4n) is 3.09. The van der Waals surface area contributed by atoms with Crippen LogP contribution in [-0.4, -0.2) is 38.8 Å². The van der Waals surface area contributed by atoms with E-state index in [0.29, 0.717) is 40.7 Å². The number of anilines is 1. The van der Waals surface area contributed by atoms with E-state index < -0.39 is 0 Å². The summed E-state index contributed by atoms with van der Waals surface area (Å²) in [5.41, 5.74) is 2.43. The second-order valence-corrected chi connectivity index (χ2v) is 8.73. The Balaban J connectivity index is 1.63. The highest BCUT2D eigenvalue weighted by Crippen LogP contribution is 2.33. The number of hydrogen-bond donors (Lipinski definition) is 1. The number of ether oxygens (including phenoxy) is 4. The van der Waals surface area contributed by atoms with Gasteiger partial charge in [0.1, 0.15) is 0 Å². The quantitative estimate of drug-likeness (QED) is 0.342. The van der Waals surface area contributed by atoms with Crippen LogP contribution in [0.2, 0.25) is 0 Å². The lowest BCUT2D eigenvalue weighted by Gasteiger charge is -2.12. The summed E-state index contributed by atoms with van der Waals surface area (Å²) in [5.74, 6) is 2.88. The van der Waals surface area contributed by atoms with Crippen LogP contribution in [0.3, 0.4) is 0 Å². The van der Waals surface area contributed by atoms with E-state index in [0.717, 1.165) is 23.2 Å². The molecule has 1 N–H and O–H groups in total. The van der Waals surface area contributed by atoms with Crippen molar-refractivity contribution in [2.45, 2.75) is 20.3 Å². The molecule has 34 heavy (non-hydrogen) atoms. The van der Waals surface area contributed by atoms with Gasteiger partial charge in [-0.05, 0) is 54.3 Å². The molecule has 0 bridgehead atoms. The normalized spacial score (nSPS) is 11.0. The monoisotopic (exact) mass is 482 g/mol. The molecule has 0 saturated carbocycles. The Morgan fingerprint density at radius 3 is 2.41 bits per heavy atom. The Morgan fingerprint density at radius 1 is 1.00 bits per heavy atom. The number of benzene rings is 2. The molecular formula is C26H30N2O5S. The maximum atomic E-state index is 12.4. The number of thiazole rings is 1. The van der Waals surface area contributed by atoms with Crippen molar-refractivity contribution in [1.29, 1.82) is 0 Å². The molecule has 1 amide bonds. The van der Waals surface area contributed by atoms with E-state index >= 15 is 0 Å². The molecule has 3 aromatic rings. The number of aromatic nitrogens is 1. The molecule has 1 heterocycles. The number of amides is 1. The van der Waals surface area contributed by atoms with Gasteiger partial charge in [-0.3, -0.25) is 10.1 Å². The van der Waals surface area contributed by atoms with Gasteiger partial charge in [0.2, 0.25) is 5.91 Å².